The van der Waals surface area contributed by atoms with Crippen LogP contribution >= 0.6 is 0 Å². The predicted molar refractivity (Wildman–Crippen MR) is 103 cm³/mol. The molecule has 5 aliphatic rings. The van der Waals surface area contributed by atoms with Crippen LogP contribution in [0.25, 0.3) is 0 Å². The van der Waals surface area contributed by atoms with E-state index in [0.717, 1.165) is 62.1 Å². The number of fused-ring (bicyclic) bond motifs is 5. The molecule has 3 heterocycles. The molecule has 152 valence electrons. The molecule has 1 amide bonds. The molecule has 0 aromatic carbocycles. The number of aromatic nitrogens is 2. The van der Waals surface area contributed by atoms with Gasteiger partial charge >= 0.3 is 0 Å². The number of amides is 1. The third-order valence-corrected chi connectivity index (χ3v) is 8.93. The van der Waals surface area contributed by atoms with E-state index in [0.29, 0.717) is 17.7 Å². The van der Waals surface area contributed by atoms with E-state index in [9.17, 15) is 4.79 Å². The molecule has 2 bridgehead atoms. The lowest BCUT2D eigenvalue weighted by atomic mass is 9.78. The molecule has 6 heteroatoms. The van der Waals surface area contributed by atoms with Crippen LogP contribution in [0.3, 0.4) is 0 Å². The third kappa shape index (κ3) is 2.52. The van der Waals surface area contributed by atoms with E-state index in [4.69, 9.17) is 4.52 Å². The molecular formula is C22H32N4O2. The number of carbonyl (C=O) groups excluding carboxylic acids is 1. The minimum absolute atomic E-state index is 0.179. The highest BCUT2D eigenvalue weighted by atomic mass is 16.5. The van der Waals surface area contributed by atoms with E-state index in [2.05, 4.69) is 26.9 Å². The lowest BCUT2D eigenvalue weighted by Crippen LogP contribution is -2.46. The van der Waals surface area contributed by atoms with Gasteiger partial charge in [0.2, 0.25) is 11.8 Å². The van der Waals surface area contributed by atoms with Crippen LogP contribution in [0.4, 0.5) is 0 Å². The van der Waals surface area contributed by atoms with E-state index in [1.165, 1.54) is 32.1 Å². The van der Waals surface area contributed by atoms with E-state index in [1.54, 1.807) is 0 Å². The minimum atomic E-state index is 0.179. The fourth-order valence-electron chi connectivity index (χ4n) is 7.55. The van der Waals surface area contributed by atoms with Gasteiger partial charge in [0.25, 0.3) is 0 Å². The Kier molecular flexibility index (Phi) is 3.76. The maximum atomic E-state index is 13.3. The summed E-state index contributed by atoms with van der Waals surface area (Å²) in [6.45, 7) is 8.09. The molecule has 5 fully saturated rings. The molecule has 6 nitrogen and oxygen atoms in total. The van der Waals surface area contributed by atoms with Crippen molar-refractivity contribution in [1.82, 2.24) is 19.9 Å². The lowest BCUT2D eigenvalue weighted by molar-refractivity contribution is -0.133. The van der Waals surface area contributed by atoms with Gasteiger partial charge in [-0.2, -0.15) is 4.98 Å². The summed E-state index contributed by atoms with van der Waals surface area (Å²) in [4.78, 5) is 22.5. The minimum Gasteiger partial charge on any atom is -0.342 e. The lowest BCUT2D eigenvalue weighted by Gasteiger charge is -2.42. The molecule has 0 N–H and O–H groups in total. The summed E-state index contributed by atoms with van der Waals surface area (Å²) in [6.07, 6.45) is 7.80. The summed E-state index contributed by atoms with van der Waals surface area (Å²) in [7, 11) is 0. The standard InChI is InChI=1S/C22H32N4O2/c1-13(20-23-14(2)28-24-20)25-8-3-6-22(11-25)7-9-26(12-22)21(27)19-17-15-4-5-16(10-15)18(17)19/h13,15-19H,3-12H2,1-2H3/t13?,15-,16+,17+,18-,19?,22?. The summed E-state index contributed by atoms with van der Waals surface area (Å²) < 4.78 is 5.19. The molecule has 1 aromatic rings. The van der Waals surface area contributed by atoms with Gasteiger partial charge in [-0.05, 0) is 75.7 Å². The van der Waals surface area contributed by atoms with Crippen molar-refractivity contribution in [3.8, 4) is 0 Å². The molecule has 7 atom stereocenters. The first-order chi connectivity index (χ1) is 13.5. The highest BCUT2D eigenvalue weighted by molar-refractivity contribution is 5.83. The van der Waals surface area contributed by atoms with Gasteiger partial charge in [-0.15, -0.1) is 0 Å². The molecular weight excluding hydrogens is 352 g/mol. The van der Waals surface area contributed by atoms with E-state index >= 15 is 0 Å². The van der Waals surface area contributed by atoms with Gasteiger partial charge in [0.15, 0.2) is 5.82 Å². The fraction of sp³-hybridized carbons (Fsp3) is 0.864. The molecule has 3 aliphatic carbocycles. The zero-order valence-corrected chi connectivity index (χ0v) is 17.1. The van der Waals surface area contributed by atoms with Crippen LogP contribution in [-0.4, -0.2) is 52.0 Å². The maximum Gasteiger partial charge on any atom is 0.226 e. The van der Waals surface area contributed by atoms with Crippen LogP contribution in [0.1, 0.15) is 63.2 Å². The quantitative estimate of drug-likeness (QED) is 0.802. The molecule has 2 saturated heterocycles. The van der Waals surface area contributed by atoms with Crippen molar-refractivity contribution in [2.45, 2.75) is 58.4 Å². The van der Waals surface area contributed by atoms with E-state index in [-0.39, 0.29) is 11.5 Å². The molecule has 3 saturated carbocycles. The molecule has 6 rings (SSSR count). The Balaban J connectivity index is 1.12. The van der Waals surface area contributed by atoms with Crippen molar-refractivity contribution in [2.24, 2.45) is 35.0 Å². The number of carbonyl (C=O) groups is 1. The Morgan fingerprint density at radius 3 is 2.68 bits per heavy atom. The first-order valence-electron chi connectivity index (χ1n) is 11.4. The maximum absolute atomic E-state index is 13.3. The highest BCUT2D eigenvalue weighted by Gasteiger charge is 2.68. The van der Waals surface area contributed by atoms with Crippen molar-refractivity contribution in [1.29, 1.82) is 0 Å². The first kappa shape index (κ1) is 17.4. The number of aryl methyl sites for hydroxylation is 1. The second kappa shape index (κ2) is 6.04. The Morgan fingerprint density at radius 2 is 1.96 bits per heavy atom. The van der Waals surface area contributed by atoms with Crippen molar-refractivity contribution < 1.29 is 9.32 Å². The molecule has 0 radical (unpaired) electrons. The van der Waals surface area contributed by atoms with Crippen molar-refractivity contribution in [3.63, 3.8) is 0 Å². The van der Waals surface area contributed by atoms with Crippen molar-refractivity contribution >= 4 is 5.91 Å². The summed E-state index contributed by atoms with van der Waals surface area (Å²) >= 11 is 0. The number of hydrogen-bond acceptors (Lipinski definition) is 5. The van der Waals surface area contributed by atoms with Crippen LogP contribution in [0, 0.1) is 41.9 Å². The van der Waals surface area contributed by atoms with Crippen LogP contribution in [-0.2, 0) is 4.79 Å². The first-order valence-corrected chi connectivity index (χ1v) is 11.4. The SMILES string of the molecule is Cc1nc(C(C)N2CCCC3(CCN(C(=O)C4[C@@H]5[C@H]6CC[C@H](C6)[C@H]45)C3)C2)no1. The van der Waals surface area contributed by atoms with Gasteiger partial charge in [0.1, 0.15) is 0 Å². The van der Waals surface area contributed by atoms with Gasteiger partial charge in [0, 0.05) is 37.9 Å². The van der Waals surface area contributed by atoms with Crippen LogP contribution < -0.4 is 0 Å². The fourth-order valence-corrected chi connectivity index (χ4v) is 7.55. The average molecular weight is 385 g/mol. The Labute approximate surface area is 167 Å². The smallest absolute Gasteiger partial charge is 0.226 e. The van der Waals surface area contributed by atoms with Gasteiger partial charge in [0.05, 0.1) is 6.04 Å². The molecule has 1 aromatic heterocycles. The van der Waals surface area contributed by atoms with Gasteiger partial charge < -0.3 is 9.42 Å². The third-order valence-electron chi connectivity index (χ3n) is 8.93. The number of likely N-dealkylation sites (tertiary alicyclic amines) is 2. The number of nitrogens with zero attached hydrogens (tertiary/aromatic N) is 4. The summed E-state index contributed by atoms with van der Waals surface area (Å²) in [5.74, 6) is 5.59. The zero-order valence-electron chi connectivity index (χ0n) is 17.1. The average Bonchev–Trinajstić information content (AvgIpc) is 3.15. The molecule has 2 aliphatic heterocycles. The van der Waals surface area contributed by atoms with Crippen LogP contribution in [0.5, 0.6) is 0 Å². The van der Waals surface area contributed by atoms with Gasteiger partial charge in [-0.1, -0.05) is 5.16 Å². The predicted octanol–water partition coefficient (Wildman–Crippen LogP) is 3.05. The van der Waals surface area contributed by atoms with E-state index < -0.39 is 0 Å². The van der Waals surface area contributed by atoms with Crippen molar-refractivity contribution in [3.05, 3.63) is 11.7 Å². The summed E-state index contributed by atoms with van der Waals surface area (Å²) in [5, 5.41) is 4.14. The zero-order chi connectivity index (χ0) is 19.0. The number of rotatable bonds is 3. The van der Waals surface area contributed by atoms with Crippen LogP contribution in [0.15, 0.2) is 4.52 Å². The Morgan fingerprint density at radius 1 is 1.18 bits per heavy atom. The monoisotopic (exact) mass is 384 g/mol. The largest absolute Gasteiger partial charge is 0.342 e. The Hall–Kier alpha value is -1.43. The van der Waals surface area contributed by atoms with Crippen molar-refractivity contribution in [2.75, 3.05) is 26.2 Å². The molecule has 3 unspecified atom stereocenters. The second-order valence-electron chi connectivity index (χ2n) is 10.4. The normalized spacial score (nSPS) is 42.9. The topological polar surface area (TPSA) is 62.5 Å². The van der Waals surface area contributed by atoms with Crippen LogP contribution in [0.2, 0.25) is 0 Å². The Bertz CT molecular complexity index is 777. The van der Waals surface area contributed by atoms with Gasteiger partial charge in [-0.3, -0.25) is 9.69 Å². The summed E-state index contributed by atoms with van der Waals surface area (Å²) in [6, 6.07) is 0.179. The van der Waals surface area contributed by atoms with Gasteiger partial charge in [-0.25, -0.2) is 0 Å². The molecule has 1 spiro atoms. The highest BCUT2D eigenvalue weighted by Crippen LogP contribution is 2.69. The second-order valence-corrected chi connectivity index (χ2v) is 10.4. The number of hydrogen-bond donors (Lipinski definition) is 0. The summed E-state index contributed by atoms with van der Waals surface area (Å²) in [5.41, 5.74) is 0.268. The number of piperidine rings is 1. The van der Waals surface area contributed by atoms with E-state index in [1.807, 2.05) is 6.92 Å². The molecule has 28 heavy (non-hydrogen) atoms.